The highest BCUT2D eigenvalue weighted by Crippen LogP contribution is 2.29. The Morgan fingerprint density at radius 3 is 1.93 bits per heavy atom. The Morgan fingerprint density at radius 2 is 1.46 bits per heavy atom. The topological polar surface area (TPSA) is 113 Å². The van der Waals surface area contributed by atoms with Crippen LogP contribution in [0.15, 0.2) is 48.5 Å². The third-order valence-corrected chi connectivity index (χ3v) is 9.78. The van der Waals surface area contributed by atoms with Crippen LogP contribution < -0.4 is 5.19 Å². The van der Waals surface area contributed by atoms with Gasteiger partial charge in [-0.1, -0.05) is 55.5 Å². The summed E-state index contributed by atoms with van der Waals surface area (Å²) in [6, 6.07) is 12.8. The molecule has 9 heteroatoms. The van der Waals surface area contributed by atoms with Gasteiger partial charge in [0.25, 0.3) is 11.4 Å². The largest absolute Gasteiger partial charge is 0.459 e. The molecule has 0 bridgehead atoms. The molecule has 0 aliphatic heterocycles. The second-order valence-electron chi connectivity index (χ2n) is 7.24. The minimum absolute atomic E-state index is 0.0486. The number of non-ortho nitro benzene ring substituents is 2. The maximum atomic E-state index is 12.5. The molecule has 0 saturated heterocycles. The zero-order chi connectivity index (χ0) is 21.1. The molecule has 2 aromatic carbocycles. The maximum Gasteiger partial charge on any atom is 0.338 e. The van der Waals surface area contributed by atoms with Gasteiger partial charge in [-0.2, -0.15) is 0 Å². The van der Waals surface area contributed by atoms with Crippen molar-refractivity contribution in [1.82, 2.24) is 0 Å². The van der Waals surface area contributed by atoms with Crippen LogP contribution in [0.2, 0.25) is 18.6 Å². The average Bonchev–Trinajstić information content (AvgIpc) is 2.67. The standard InChI is InChI=1S/C19H22N2O6Si/c1-13(14(2)28(3,4)18-8-6-5-7-9-18)27-19(22)15-10-16(20(23)24)12-17(11-15)21(25)26/h5-14H,1-4H3/t13-,14-/m0/s1. The normalized spacial score (nSPS) is 13.4. The maximum absolute atomic E-state index is 12.5. The van der Waals surface area contributed by atoms with Crippen molar-refractivity contribution < 1.29 is 19.4 Å². The number of benzene rings is 2. The molecule has 8 nitrogen and oxygen atoms in total. The van der Waals surface area contributed by atoms with Gasteiger partial charge in [0.2, 0.25) is 0 Å². The van der Waals surface area contributed by atoms with Gasteiger partial charge in [-0.3, -0.25) is 20.2 Å². The molecule has 2 rings (SSSR count). The van der Waals surface area contributed by atoms with Crippen molar-refractivity contribution in [2.24, 2.45) is 0 Å². The number of carbonyl (C=O) groups is 1. The van der Waals surface area contributed by atoms with Crippen molar-refractivity contribution in [2.45, 2.75) is 38.6 Å². The summed E-state index contributed by atoms with van der Waals surface area (Å²) in [4.78, 5) is 33.0. The molecule has 0 spiro atoms. The third kappa shape index (κ3) is 4.60. The van der Waals surface area contributed by atoms with Gasteiger partial charge in [-0.15, -0.1) is 0 Å². The van der Waals surface area contributed by atoms with Gasteiger partial charge >= 0.3 is 5.97 Å². The molecule has 2 aromatic rings. The molecule has 0 fully saturated rings. The second-order valence-corrected chi connectivity index (χ2v) is 12.2. The number of nitro benzene ring substituents is 2. The van der Waals surface area contributed by atoms with E-state index in [2.05, 4.69) is 25.2 Å². The Kier molecular flexibility index (Phi) is 6.29. The predicted octanol–water partition coefficient (Wildman–Crippen LogP) is 4.05. The van der Waals surface area contributed by atoms with Crippen molar-refractivity contribution in [3.05, 3.63) is 74.3 Å². The summed E-state index contributed by atoms with van der Waals surface area (Å²) < 4.78 is 5.53. The zero-order valence-corrected chi connectivity index (χ0v) is 17.1. The third-order valence-electron chi connectivity index (χ3n) is 5.21. The first-order chi connectivity index (χ1) is 13.0. The van der Waals surface area contributed by atoms with Crippen molar-refractivity contribution in [3.63, 3.8) is 0 Å². The second kappa shape index (κ2) is 8.30. The first kappa shape index (κ1) is 21.2. The lowest BCUT2D eigenvalue weighted by atomic mass is 10.1. The molecule has 0 saturated carbocycles. The van der Waals surface area contributed by atoms with Crippen LogP contribution >= 0.6 is 0 Å². The minimum Gasteiger partial charge on any atom is -0.459 e. The minimum atomic E-state index is -1.96. The van der Waals surface area contributed by atoms with Gasteiger partial charge in [-0.05, 0) is 12.5 Å². The molecule has 0 aromatic heterocycles. The summed E-state index contributed by atoms with van der Waals surface area (Å²) in [5.41, 5.74) is -1.21. The molecule has 148 valence electrons. The predicted molar refractivity (Wildman–Crippen MR) is 108 cm³/mol. The van der Waals surface area contributed by atoms with Gasteiger partial charge in [0.15, 0.2) is 0 Å². The molecular formula is C19H22N2O6Si. The van der Waals surface area contributed by atoms with Crippen LogP contribution in [0.3, 0.4) is 0 Å². The Hall–Kier alpha value is -3.07. The van der Waals surface area contributed by atoms with E-state index in [0.717, 1.165) is 18.2 Å². The fraction of sp³-hybridized carbons (Fsp3) is 0.316. The van der Waals surface area contributed by atoms with Crippen molar-refractivity contribution in [1.29, 1.82) is 0 Å². The van der Waals surface area contributed by atoms with Crippen molar-refractivity contribution >= 4 is 30.6 Å². The van der Waals surface area contributed by atoms with E-state index in [4.69, 9.17) is 4.74 Å². The van der Waals surface area contributed by atoms with E-state index in [9.17, 15) is 25.0 Å². The Labute approximate surface area is 163 Å². The van der Waals surface area contributed by atoms with Gasteiger partial charge < -0.3 is 4.74 Å². The number of esters is 1. The summed E-state index contributed by atoms with van der Waals surface area (Å²) in [5, 5.41) is 23.2. The Bertz CT molecular complexity index is 868. The lowest BCUT2D eigenvalue weighted by Crippen LogP contribution is -2.49. The van der Waals surface area contributed by atoms with E-state index in [1.807, 2.05) is 25.1 Å². The number of nitrogens with zero attached hydrogens (tertiary/aromatic N) is 2. The quantitative estimate of drug-likeness (QED) is 0.299. The lowest BCUT2D eigenvalue weighted by Gasteiger charge is -2.34. The molecule has 0 unspecified atom stereocenters. The number of rotatable bonds is 7. The zero-order valence-electron chi connectivity index (χ0n) is 16.1. The van der Waals surface area contributed by atoms with E-state index < -0.39 is 41.4 Å². The van der Waals surface area contributed by atoms with Crippen LogP contribution in [0.5, 0.6) is 0 Å². The first-order valence-corrected chi connectivity index (χ1v) is 11.8. The molecule has 0 aliphatic carbocycles. The van der Waals surface area contributed by atoms with Gasteiger partial charge in [0.1, 0.15) is 0 Å². The lowest BCUT2D eigenvalue weighted by molar-refractivity contribution is -0.394. The summed E-state index contributed by atoms with van der Waals surface area (Å²) in [6.45, 7) is 8.13. The number of hydrogen-bond donors (Lipinski definition) is 0. The van der Waals surface area contributed by atoms with Gasteiger partial charge in [-0.25, -0.2) is 4.79 Å². The Morgan fingerprint density at radius 1 is 0.964 bits per heavy atom. The average molecular weight is 402 g/mol. The summed E-state index contributed by atoms with van der Waals surface area (Å²) in [7, 11) is -1.96. The van der Waals surface area contributed by atoms with Crippen LogP contribution in [0.1, 0.15) is 24.2 Å². The molecule has 0 amide bonds. The highest BCUT2D eigenvalue weighted by atomic mass is 28.3. The Balaban J connectivity index is 2.24. The molecule has 0 radical (unpaired) electrons. The SMILES string of the molecule is C[C@H](OC(=O)c1cc([N+](=O)[O-])cc([N+](=O)[O-])c1)[C@H](C)[Si](C)(C)c1ccccc1. The van der Waals surface area contributed by atoms with E-state index >= 15 is 0 Å². The summed E-state index contributed by atoms with van der Waals surface area (Å²) >= 11 is 0. The summed E-state index contributed by atoms with van der Waals surface area (Å²) in [5.74, 6) is -0.816. The smallest absolute Gasteiger partial charge is 0.338 e. The van der Waals surface area contributed by atoms with Crippen molar-refractivity contribution in [3.8, 4) is 0 Å². The van der Waals surface area contributed by atoms with Crippen molar-refractivity contribution in [2.75, 3.05) is 0 Å². The first-order valence-electron chi connectivity index (χ1n) is 8.74. The van der Waals surface area contributed by atoms with Crippen LogP contribution in [0.25, 0.3) is 0 Å². The van der Waals surface area contributed by atoms with Gasteiger partial charge in [0, 0.05) is 12.1 Å². The molecule has 2 atom stereocenters. The molecule has 0 aliphatic rings. The van der Waals surface area contributed by atoms with Gasteiger partial charge in [0.05, 0.1) is 35.7 Å². The highest BCUT2D eigenvalue weighted by Gasteiger charge is 2.36. The number of nitro groups is 2. The molecule has 28 heavy (non-hydrogen) atoms. The van der Waals surface area contributed by atoms with E-state index in [1.165, 1.54) is 5.19 Å². The molecular weight excluding hydrogens is 380 g/mol. The summed E-state index contributed by atoms with van der Waals surface area (Å²) in [6.07, 6.45) is -0.465. The number of hydrogen-bond acceptors (Lipinski definition) is 6. The van der Waals surface area contributed by atoms with Crippen LogP contribution in [0.4, 0.5) is 11.4 Å². The molecule has 0 heterocycles. The van der Waals surface area contributed by atoms with Crippen LogP contribution in [0, 0.1) is 20.2 Å². The fourth-order valence-corrected chi connectivity index (χ4v) is 5.80. The number of ether oxygens (including phenoxy) is 1. The fourth-order valence-electron chi connectivity index (χ4n) is 2.98. The van der Waals surface area contributed by atoms with E-state index in [-0.39, 0.29) is 11.1 Å². The van der Waals surface area contributed by atoms with E-state index in [0.29, 0.717) is 0 Å². The highest BCUT2D eigenvalue weighted by molar-refractivity contribution is 6.91. The van der Waals surface area contributed by atoms with Crippen LogP contribution in [-0.4, -0.2) is 30.0 Å². The van der Waals surface area contributed by atoms with Crippen LogP contribution in [-0.2, 0) is 4.74 Å². The monoisotopic (exact) mass is 402 g/mol. The molecule has 0 N–H and O–H groups in total. The number of carbonyl (C=O) groups excluding carboxylic acids is 1. The van der Waals surface area contributed by atoms with E-state index in [1.54, 1.807) is 6.92 Å².